The number of ether oxygens (including phenoxy) is 2. The van der Waals surface area contributed by atoms with Gasteiger partial charge >= 0.3 is 0 Å². The van der Waals surface area contributed by atoms with Crippen molar-refractivity contribution in [1.82, 2.24) is 40.1 Å². The molecule has 0 bridgehead atoms. The molecule has 5 aromatic rings. The van der Waals surface area contributed by atoms with E-state index in [4.69, 9.17) is 9.47 Å². The maximum Gasteiger partial charge on any atom is 0.273 e. The third-order valence-electron chi connectivity index (χ3n) is 4.92. The molecule has 170 valence electrons. The quantitative estimate of drug-likeness (QED) is 0.353. The van der Waals surface area contributed by atoms with Crippen LogP contribution in [0.5, 0.6) is 11.6 Å². The second-order valence-electron chi connectivity index (χ2n) is 7.16. The van der Waals surface area contributed by atoms with Crippen LogP contribution >= 0.6 is 0 Å². The molecule has 0 atom stereocenters. The lowest BCUT2D eigenvalue weighted by Crippen LogP contribution is -2.28. The molecule has 0 unspecified atom stereocenters. The first-order valence-corrected chi connectivity index (χ1v) is 10.5. The molecule has 0 spiro atoms. The second kappa shape index (κ2) is 9.36. The van der Waals surface area contributed by atoms with E-state index in [0.717, 1.165) is 11.3 Å². The number of para-hydroxylation sites is 1. The van der Waals surface area contributed by atoms with Crippen molar-refractivity contribution < 1.29 is 14.3 Å². The van der Waals surface area contributed by atoms with Crippen LogP contribution in [-0.2, 0) is 0 Å². The minimum atomic E-state index is -0.340. The Morgan fingerprint density at radius 2 is 1.88 bits per heavy atom. The number of benzene rings is 2. The van der Waals surface area contributed by atoms with E-state index in [1.807, 2.05) is 54.6 Å². The molecule has 0 saturated carbocycles. The standard InChI is InChI=1S/C23H20N8O3/c1-33-18-9-5-6-16(14-18)22-27-26-20-10-11-21(29-30(20)22)34-13-12-24-23(32)19-15-25-31(28-19)17-7-3-2-4-8-17/h2-11,14-15H,12-13H2,1H3,(H,24,32). The number of amides is 1. The van der Waals surface area contributed by atoms with Crippen molar-refractivity contribution in [1.29, 1.82) is 0 Å². The zero-order valence-corrected chi connectivity index (χ0v) is 18.2. The molecule has 3 heterocycles. The van der Waals surface area contributed by atoms with Gasteiger partial charge in [-0.3, -0.25) is 4.79 Å². The van der Waals surface area contributed by atoms with Crippen LogP contribution in [0.25, 0.3) is 22.7 Å². The first-order chi connectivity index (χ1) is 16.7. The van der Waals surface area contributed by atoms with Crippen LogP contribution in [0.3, 0.4) is 0 Å². The largest absolute Gasteiger partial charge is 0.497 e. The third kappa shape index (κ3) is 4.39. The van der Waals surface area contributed by atoms with Crippen LogP contribution in [-0.4, -0.2) is 61.0 Å². The molecule has 11 heteroatoms. The Hall–Kier alpha value is -4.80. The number of hydrogen-bond acceptors (Lipinski definition) is 8. The number of aromatic nitrogens is 7. The van der Waals surface area contributed by atoms with E-state index in [9.17, 15) is 4.79 Å². The van der Waals surface area contributed by atoms with Crippen LogP contribution < -0.4 is 14.8 Å². The van der Waals surface area contributed by atoms with Gasteiger partial charge in [0.1, 0.15) is 12.4 Å². The van der Waals surface area contributed by atoms with Gasteiger partial charge in [-0.05, 0) is 30.3 Å². The molecular weight excluding hydrogens is 436 g/mol. The second-order valence-corrected chi connectivity index (χ2v) is 7.16. The summed E-state index contributed by atoms with van der Waals surface area (Å²) < 4.78 is 12.6. The summed E-state index contributed by atoms with van der Waals surface area (Å²) in [5.74, 6) is 1.31. The minimum Gasteiger partial charge on any atom is -0.497 e. The lowest BCUT2D eigenvalue weighted by atomic mass is 10.2. The highest BCUT2D eigenvalue weighted by Gasteiger charge is 2.13. The first kappa shape index (κ1) is 21.1. The molecule has 0 fully saturated rings. The van der Waals surface area contributed by atoms with E-state index < -0.39 is 0 Å². The van der Waals surface area contributed by atoms with E-state index in [1.54, 1.807) is 23.8 Å². The highest BCUT2D eigenvalue weighted by molar-refractivity contribution is 5.91. The van der Waals surface area contributed by atoms with Crippen LogP contribution in [0.4, 0.5) is 0 Å². The van der Waals surface area contributed by atoms with E-state index >= 15 is 0 Å². The van der Waals surface area contributed by atoms with Crippen molar-refractivity contribution in [2.75, 3.05) is 20.3 Å². The molecule has 0 saturated heterocycles. The van der Waals surface area contributed by atoms with Gasteiger partial charge in [0, 0.05) is 11.6 Å². The number of carbonyl (C=O) groups is 1. The molecule has 0 aliphatic heterocycles. The summed E-state index contributed by atoms with van der Waals surface area (Å²) >= 11 is 0. The zero-order chi connectivity index (χ0) is 23.3. The number of nitrogens with zero attached hydrogens (tertiary/aromatic N) is 7. The molecule has 0 aliphatic carbocycles. The first-order valence-electron chi connectivity index (χ1n) is 10.5. The lowest BCUT2D eigenvalue weighted by Gasteiger charge is -2.07. The molecule has 1 N–H and O–H groups in total. The topological polar surface area (TPSA) is 121 Å². The van der Waals surface area contributed by atoms with Gasteiger partial charge in [0.15, 0.2) is 17.2 Å². The van der Waals surface area contributed by atoms with E-state index in [1.165, 1.54) is 11.0 Å². The van der Waals surface area contributed by atoms with Crippen LogP contribution in [0.2, 0.25) is 0 Å². The minimum absolute atomic E-state index is 0.216. The van der Waals surface area contributed by atoms with Crippen LogP contribution in [0.15, 0.2) is 72.9 Å². The van der Waals surface area contributed by atoms with Gasteiger partial charge in [0.05, 0.1) is 25.5 Å². The average Bonchev–Trinajstić information content (AvgIpc) is 3.55. The Morgan fingerprint density at radius 3 is 2.74 bits per heavy atom. The lowest BCUT2D eigenvalue weighted by molar-refractivity contribution is 0.0941. The maximum atomic E-state index is 12.4. The number of nitrogens with one attached hydrogen (secondary N) is 1. The fourth-order valence-electron chi connectivity index (χ4n) is 3.25. The highest BCUT2D eigenvalue weighted by Crippen LogP contribution is 2.23. The maximum absolute atomic E-state index is 12.4. The molecule has 1 amide bonds. The van der Waals surface area contributed by atoms with Crippen molar-refractivity contribution in [3.8, 4) is 28.7 Å². The van der Waals surface area contributed by atoms with Gasteiger partial charge in [-0.2, -0.15) is 14.4 Å². The summed E-state index contributed by atoms with van der Waals surface area (Å²) in [5.41, 5.74) is 2.39. The summed E-state index contributed by atoms with van der Waals surface area (Å²) in [7, 11) is 1.61. The van der Waals surface area contributed by atoms with Gasteiger partial charge in [-0.25, -0.2) is 0 Å². The van der Waals surface area contributed by atoms with Crippen molar-refractivity contribution >= 4 is 11.6 Å². The summed E-state index contributed by atoms with van der Waals surface area (Å²) in [6.07, 6.45) is 1.42. The Labute approximate surface area is 194 Å². The van der Waals surface area contributed by atoms with Gasteiger partial charge in [0.25, 0.3) is 5.91 Å². The van der Waals surface area contributed by atoms with Crippen LogP contribution in [0, 0.1) is 0 Å². The number of fused-ring (bicyclic) bond motifs is 1. The highest BCUT2D eigenvalue weighted by atomic mass is 16.5. The molecule has 3 aromatic heterocycles. The summed E-state index contributed by atoms with van der Waals surface area (Å²) in [6, 6.07) is 20.3. The molecular formula is C23H20N8O3. The van der Waals surface area contributed by atoms with E-state index in [0.29, 0.717) is 23.1 Å². The molecule has 0 radical (unpaired) electrons. The molecule has 2 aromatic carbocycles. The van der Waals surface area contributed by atoms with Crippen molar-refractivity contribution in [2.45, 2.75) is 0 Å². The van der Waals surface area contributed by atoms with Gasteiger partial charge in [-0.15, -0.1) is 20.4 Å². The fourth-order valence-corrected chi connectivity index (χ4v) is 3.25. The molecule has 5 rings (SSSR count). The Balaban J connectivity index is 1.20. The summed E-state index contributed by atoms with van der Waals surface area (Å²) in [4.78, 5) is 13.8. The number of methoxy groups -OCH3 is 1. The Kier molecular flexibility index (Phi) is 5.80. The predicted octanol–water partition coefficient (Wildman–Crippen LogP) is 2.19. The Bertz CT molecular complexity index is 1430. The Morgan fingerprint density at radius 1 is 1.00 bits per heavy atom. The van der Waals surface area contributed by atoms with Gasteiger partial charge in [0.2, 0.25) is 5.88 Å². The number of hydrogen-bond donors (Lipinski definition) is 1. The van der Waals surface area contributed by atoms with Crippen molar-refractivity contribution in [3.63, 3.8) is 0 Å². The predicted molar refractivity (Wildman–Crippen MR) is 122 cm³/mol. The smallest absolute Gasteiger partial charge is 0.273 e. The molecule has 0 aliphatic rings. The fraction of sp³-hybridized carbons (Fsp3) is 0.130. The van der Waals surface area contributed by atoms with E-state index in [-0.39, 0.29) is 24.8 Å². The monoisotopic (exact) mass is 456 g/mol. The molecule has 11 nitrogen and oxygen atoms in total. The number of carbonyl (C=O) groups excluding carboxylic acids is 1. The van der Waals surface area contributed by atoms with Gasteiger partial charge < -0.3 is 14.8 Å². The molecule has 34 heavy (non-hydrogen) atoms. The summed E-state index contributed by atoms with van der Waals surface area (Å²) in [5, 5.41) is 24.0. The SMILES string of the molecule is COc1cccc(-c2nnc3ccc(OCCNC(=O)c4cnn(-c5ccccc5)n4)nn23)c1. The van der Waals surface area contributed by atoms with Crippen LogP contribution in [0.1, 0.15) is 10.5 Å². The van der Waals surface area contributed by atoms with Crippen molar-refractivity contribution in [2.24, 2.45) is 0 Å². The summed E-state index contributed by atoms with van der Waals surface area (Å²) in [6.45, 7) is 0.482. The average molecular weight is 456 g/mol. The van der Waals surface area contributed by atoms with Crippen molar-refractivity contribution in [3.05, 3.63) is 78.6 Å². The normalized spacial score (nSPS) is 10.9. The van der Waals surface area contributed by atoms with Gasteiger partial charge in [-0.1, -0.05) is 30.3 Å². The van der Waals surface area contributed by atoms with E-state index in [2.05, 4.69) is 30.8 Å². The number of rotatable bonds is 8. The zero-order valence-electron chi connectivity index (χ0n) is 18.2. The third-order valence-corrected chi connectivity index (χ3v) is 4.92.